The van der Waals surface area contributed by atoms with Gasteiger partial charge in [0.1, 0.15) is 16.2 Å². The molecule has 0 saturated heterocycles. The number of thioether (sulfide) groups is 1. The number of thiophene rings is 1. The molecule has 1 N–H and O–H groups in total. The number of benzene rings is 2. The fourth-order valence-corrected chi connectivity index (χ4v) is 4.49. The summed E-state index contributed by atoms with van der Waals surface area (Å²) < 4.78 is 0. The first kappa shape index (κ1) is 18.3. The maximum Gasteiger partial charge on any atom is 0.257 e. The van der Waals surface area contributed by atoms with Gasteiger partial charge in [-0.3, -0.25) is 14.9 Å². The Balaban J connectivity index is 1.47. The van der Waals surface area contributed by atoms with Gasteiger partial charge in [0.2, 0.25) is 5.91 Å². The van der Waals surface area contributed by atoms with E-state index in [9.17, 15) is 9.59 Å². The van der Waals surface area contributed by atoms with Crippen LogP contribution in [-0.2, 0) is 4.79 Å². The smallest absolute Gasteiger partial charge is 0.257 e. The van der Waals surface area contributed by atoms with Gasteiger partial charge in [-0.1, -0.05) is 60.3 Å². The summed E-state index contributed by atoms with van der Waals surface area (Å²) in [7, 11) is 0. The molecule has 0 spiro atoms. The van der Waals surface area contributed by atoms with E-state index in [0.29, 0.717) is 5.56 Å². The molecule has 0 radical (unpaired) electrons. The highest BCUT2D eigenvalue weighted by Crippen LogP contribution is 2.35. The second-order valence-electron chi connectivity index (χ2n) is 5.91. The third-order valence-electron chi connectivity index (χ3n) is 3.98. The summed E-state index contributed by atoms with van der Waals surface area (Å²) in [6, 6.07) is 20.8. The van der Waals surface area contributed by atoms with E-state index in [1.807, 2.05) is 42.5 Å². The minimum atomic E-state index is -0.402. The van der Waals surface area contributed by atoms with Crippen LogP contribution in [0, 0.1) is 0 Å². The Hall–Kier alpha value is -3.03. The molecular weight excluding hydrogens is 390 g/mol. The Labute approximate surface area is 169 Å². The average Bonchev–Trinajstić information content (AvgIpc) is 3.18. The van der Waals surface area contributed by atoms with Gasteiger partial charge in [0.25, 0.3) is 5.91 Å². The van der Waals surface area contributed by atoms with Gasteiger partial charge in [-0.2, -0.15) is 0 Å². The van der Waals surface area contributed by atoms with E-state index < -0.39 is 5.91 Å². The number of carbonyl (C=O) groups excluding carboxylic acids is 2. The van der Waals surface area contributed by atoms with Crippen LogP contribution >= 0.6 is 23.1 Å². The average molecular weight is 406 g/mol. The van der Waals surface area contributed by atoms with Crippen LogP contribution in [0.15, 0.2) is 78.1 Å². The molecule has 7 heteroatoms. The monoisotopic (exact) mass is 405 g/mol. The summed E-state index contributed by atoms with van der Waals surface area (Å²) in [5, 5.41) is 4.05. The first-order valence-electron chi connectivity index (χ1n) is 8.53. The van der Waals surface area contributed by atoms with Crippen LogP contribution < -0.4 is 5.32 Å². The quantitative estimate of drug-likeness (QED) is 0.393. The predicted octanol–water partition coefficient (Wildman–Crippen LogP) is 4.41. The maximum atomic E-state index is 12.2. The van der Waals surface area contributed by atoms with Crippen LogP contribution in [0.3, 0.4) is 0 Å². The number of nitrogens with one attached hydrogen (secondary N) is 1. The van der Waals surface area contributed by atoms with Gasteiger partial charge in [0.15, 0.2) is 0 Å². The summed E-state index contributed by atoms with van der Waals surface area (Å²) in [4.78, 5) is 34.9. The zero-order valence-corrected chi connectivity index (χ0v) is 16.3. The highest BCUT2D eigenvalue weighted by Gasteiger charge is 2.14. The lowest BCUT2D eigenvalue weighted by molar-refractivity contribution is -0.117. The lowest BCUT2D eigenvalue weighted by Crippen LogP contribution is -2.31. The van der Waals surface area contributed by atoms with Gasteiger partial charge in [0.05, 0.1) is 5.75 Å². The van der Waals surface area contributed by atoms with E-state index in [-0.39, 0.29) is 11.7 Å². The van der Waals surface area contributed by atoms with Gasteiger partial charge in [-0.15, -0.1) is 11.3 Å². The highest BCUT2D eigenvalue weighted by molar-refractivity contribution is 8.00. The van der Waals surface area contributed by atoms with Gasteiger partial charge in [0, 0.05) is 15.8 Å². The number of rotatable bonds is 5. The molecule has 0 saturated carbocycles. The lowest BCUT2D eigenvalue weighted by Gasteiger charge is -2.04. The Morgan fingerprint density at radius 3 is 2.43 bits per heavy atom. The van der Waals surface area contributed by atoms with Crippen molar-refractivity contribution in [3.8, 4) is 10.4 Å². The molecule has 138 valence electrons. The Morgan fingerprint density at radius 1 is 0.964 bits per heavy atom. The largest absolute Gasteiger partial charge is 0.292 e. The maximum absolute atomic E-state index is 12.2. The molecule has 0 fully saturated rings. The standard InChI is InChI=1S/C21H15N3O2S2/c25-18(24-19(26)15-9-5-2-6-10-15)12-27-20-16-11-17(14-7-3-1-4-8-14)28-21(16)23-13-22-20/h1-11,13H,12H2,(H,24,25,26). The predicted molar refractivity (Wildman–Crippen MR) is 112 cm³/mol. The number of amides is 2. The van der Waals surface area contributed by atoms with E-state index in [0.717, 1.165) is 25.7 Å². The van der Waals surface area contributed by atoms with Crippen LogP contribution in [0.4, 0.5) is 0 Å². The number of aromatic nitrogens is 2. The summed E-state index contributed by atoms with van der Waals surface area (Å²) >= 11 is 2.88. The fourth-order valence-electron chi connectivity index (χ4n) is 2.65. The van der Waals surface area contributed by atoms with Gasteiger partial charge in [-0.25, -0.2) is 9.97 Å². The SMILES string of the molecule is O=C(CSc1ncnc2sc(-c3ccccc3)cc12)NC(=O)c1ccccc1. The van der Waals surface area contributed by atoms with Crippen LogP contribution in [-0.4, -0.2) is 27.5 Å². The van der Waals surface area contributed by atoms with Crippen molar-refractivity contribution in [1.82, 2.24) is 15.3 Å². The van der Waals surface area contributed by atoms with Crippen molar-refractivity contribution in [2.45, 2.75) is 5.03 Å². The van der Waals surface area contributed by atoms with Gasteiger partial charge >= 0.3 is 0 Å². The topological polar surface area (TPSA) is 72.0 Å². The molecule has 4 rings (SSSR count). The van der Waals surface area contributed by atoms with Crippen molar-refractivity contribution >= 4 is 45.1 Å². The molecule has 2 heterocycles. The molecule has 0 aliphatic heterocycles. The number of nitrogens with zero attached hydrogens (tertiary/aromatic N) is 2. The zero-order valence-electron chi connectivity index (χ0n) is 14.7. The summed E-state index contributed by atoms with van der Waals surface area (Å²) in [6.07, 6.45) is 1.50. The molecule has 0 aliphatic rings. The fraction of sp³-hybridized carbons (Fsp3) is 0.0476. The molecule has 0 aliphatic carbocycles. The molecule has 4 aromatic rings. The number of hydrogen-bond donors (Lipinski definition) is 1. The van der Waals surface area contributed by atoms with E-state index >= 15 is 0 Å². The summed E-state index contributed by atoms with van der Waals surface area (Å²) in [5.41, 5.74) is 1.57. The second kappa shape index (κ2) is 8.33. The molecule has 28 heavy (non-hydrogen) atoms. The van der Waals surface area contributed by atoms with E-state index in [1.54, 1.807) is 35.6 Å². The lowest BCUT2D eigenvalue weighted by atomic mass is 10.2. The molecule has 2 aromatic carbocycles. The molecule has 2 amide bonds. The molecule has 0 bridgehead atoms. The van der Waals surface area contributed by atoms with E-state index in [2.05, 4.69) is 15.3 Å². The van der Waals surface area contributed by atoms with Crippen molar-refractivity contribution < 1.29 is 9.59 Å². The molecule has 2 aromatic heterocycles. The number of hydrogen-bond acceptors (Lipinski definition) is 6. The molecular formula is C21H15N3O2S2. The van der Waals surface area contributed by atoms with Crippen molar-refractivity contribution in [3.05, 3.63) is 78.6 Å². The molecule has 5 nitrogen and oxygen atoms in total. The highest BCUT2D eigenvalue weighted by atomic mass is 32.2. The normalized spacial score (nSPS) is 10.7. The van der Waals surface area contributed by atoms with Crippen molar-refractivity contribution in [3.63, 3.8) is 0 Å². The summed E-state index contributed by atoms with van der Waals surface area (Å²) in [5.74, 6) is -0.661. The van der Waals surface area contributed by atoms with Crippen molar-refractivity contribution in [1.29, 1.82) is 0 Å². The number of carbonyl (C=O) groups is 2. The zero-order chi connectivity index (χ0) is 19.3. The summed E-state index contributed by atoms with van der Waals surface area (Å²) in [6.45, 7) is 0. The van der Waals surface area contributed by atoms with Crippen molar-refractivity contribution in [2.24, 2.45) is 0 Å². The van der Waals surface area contributed by atoms with Crippen LogP contribution in [0.2, 0.25) is 0 Å². The molecule has 0 atom stereocenters. The van der Waals surface area contributed by atoms with Gasteiger partial charge < -0.3 is 0 Å². The van der Waals surface area contributed by atoms with Crippen molar-refractivity contribution in [2.75, 3.05) is 5.75 Å². The minimum Gasteiger partial charge on any atom is -0.292 e. The van der Waals surface area contributed by atoms with E-state index in [4.69, 9.17) is 0 Å². The second-order valence-corrected chi connectivity index (χ2v) is 7.90. The Morgan fingerprint density at radius 2 is 1.68 bits per heavy atom. The first-order chi connectivity index (χ1) is 13.7. The van der Waals surface area contributed by atoms with Crippen LogP contribution in [0.5, 0.6) is 0 Å². The van der Waals surface area contributed by atoms with E-state index in [1.165, 1.54) is 18.1 Å². The Bertz CT molecular complexity index is 1130. The van der Waals surface area contributed by atoms with Crippen LogP contribution in [0.25, 0.3) is 20.7 Å². The number of imide groups is 1. The minimum absolute atomic E-state index is 0.0984. The number of fused-ring (bicyclic) bond motifs is 1. The van der Waals surface area contributed by atoms with Gasteiger partial charge in [-0.05, 0) is 23.8 Å². The van der Waals surface area contributed by atoms with Crippen LogP contribution in [0.1, 0.15) is 10.4 Å². The first-order valence-corrected chi connectivity index (χ1v) is 10.3. The molecule has 0 unspecified atom stereocenters. The third-order valence-corrected chi connectivity index (χ3v) is 6.08. The Kier molecular flexibility index (Phi) is 5.45. The third kappa shape index (κ3) is 4.11.